The number of carboxylic acid groups (broad SMARTS) is 1. The molecule has 2 N–H and O–H groups in total. The Morgan fingerprint density at radius 2 is 1.81 bits per heavy atom. The molecule has 6 nitrogen and oxygen atoms in total. The highest BCUT2D eigenvalue weighted by Gasteiger charge is 2.37. The van der Waals surface area contributed by atoms with E-state index in [-0.39, 0.29) is 0 Å². The Kier molecular flexibility index (Phi) is 5.31. The van der Waals surface area contributed by atoms with E-state index in [1.807, 2.05) is 93.3 Å². The lowest BCUT2D eigenvalue weighted by Gasteiger charge is -2.39. The van der Waals surface area contributed by atoms with Crippen molar-refractivity contribution in [2.45, 2.75) is 38.8 Å². The molecule has 31 heavy (non-hydrogen) atoms. The summed E-state index contributed by atoms with van der Waals surface area (Å²) in [4.78, 5) is 22.2. The maximum absolute atomic E-state index is 12.4. The van der Waals surface area contributed by atoms with E-state index in [4.69, 9.17) is 4.98 Å². The highest BCUT2D eigenvalue weighted by atomic mass is 16.4. The molecule has 0 spiro atoms. The van der Waals surface area contributed by atoms with E-state index >= 15 is 0 Å². The molecule has 1 amide bonds. The van der Waals surface area contributed by atoms with Gasteiger partial charge in [0.25, 0.3) is 0 Å². The van der Waals surface area contributed by atoms with Gasteiger partial charge in [0.2, 0.25) is 0 Å². The van der Waals surface area contributed by atoms with E-state index < -0.39 is 17.7 Å². The largest absolute Gasteiger partial charge is 0.465 e. The number of fused-ring (bicyclic) bond motifs is 1. The predicted molar refractivity (Wildman–Crippen MR) is 123 cm³/mol. The second-order valence-corrected chi connectivity index (χ2v) is 8.86. The van der Waals surface area contributed by atoms with E-state index in [2.05, 4.69) is 11.1 Å². The smallest absolute Gasteiger partial charge is 0.408 e. The fraction of sp³-hybridized carbons (Fsp3) is 0.280. The van der Waals surface area contributed by atoms with Crippen LogP contribution in [0.4, 0.5) is 4.79 Å². The van der Waals surface area contributed by atoms with E-state index in [1.54, 1.807) is 0 Å². The van der Waals surface area contributed by atoms with Crippen molar-refractivity contribution in [1.29, 1.82) is 0 Å². The number of benzene rings is 2. The first-order chi connectivity index (χ1) is 14.8. The predicted octanol–water partition coefficient (Wildman–Crippen LogP) is 5.63. The summed E-state index contributed by atoms with van der Waals surface area (Å²) in [5.41, 5.74) is 3.36. The van der Waals surface area contributed by atoms with Crippen LogP contribution in [0.2, 0.25) is 0 Å². The highest BCUT2D eigenvalue weighted by molar-refractivity contribution is 5.83. The van der Waals surface area contributed by atoms with Crippen LogP contribution in [0, 0.1) is 0 Å². The number of aryl methyl sites for hydroxylation is 1. The van der Waals surface area contributed by atoms with Crippen LogP contribution in [0.3, 0.4) is 0 Å². The molecule has 4 rings (SSSR count). The van der Waals surface area contributed by atoms with Gasteiger partial charge in [-0.3, -0.25) is 4.90 Å². The van der Waals surface area contributed by atoms with Gasteiger partial charge in [-0.05, 0) is 32.4 Å². The van der Waals surface area contributed by atoms with Gasteiger partial charge in [-0.15, -0.1) is 0 Å². The maximum Gasteiger partial charge on any atom is 0.408 e. The summed E-state index contributed by atoms with van der Waals surface area (Å²) in [6.07, 6.45) is 3.51. The number of H-pyrrole nitrogens is 1. The minimum atomic E-state index is -0.957. The number of imidazole rings is 1. The van der Waals surface area contributed by atoms with E-state index in [0.29, 0.717) is 6.42 Å². The van der Waals surface area contributed by atoms with Crippen LogP contribution in [0.1, 0.15) is 38.2 Å². The lowest BCUT2D eigenvalue weighted by molar-refractivity contribution is 0.0660. The molecular formula is C25H28N4O2. The van der Waals surface area contributed by atoms with Crippen molar-refractivity contribution in [3.05, 3.63) is 78.4 Å². The van der Waals surface area contributed by atoms with Gasteiger partial charge in [0.15, 0.2) is 0 Å². The van der Waals surface area contributed by atoms with E-state index in [9.17, 15) is 9.90 Å². The van der Waals surface area contributed by atoms with Crippen LogP contribution in [-0.2, 0) is 13.5 Å². The summed E-state index contributed by atoms with van der Waals surface area (Å²) >= 11 is 0. The molecule has 2 aromatic carbocycles. The van der Waals surface area contributed by atoms with Crippen LogP contribution in [0.15, 0.2) is 67.0 Å². The zero-order chi connectivity index (χ0) is 22.2. The van der Waals surface area contributed by atoms with Crippen molar-refractivity contribution in [3.63, 3.8) is 0 Å². The van der Waals surface area contributed by atoms with Crippen molar-refractivity contribution in [1.82, 2.24) is 19.4 Å². The van der Waals surface area contributed by atoms with Crippen molar-refractivity contribution in [2.75, 3.05) is 0 Å². The second-order valence-electron chi connectivity index (χ2n) is 8.86. The molecule has 0 saturated carbocycles. The second kappa shape index (κ2) is 7.95. The monoisotopic (exact) mass is 416 g/mol. The standard InChI is InChI=1S/C25H28N4O2/c1-25(2,3)29(24(30)31)22(14-18-15-26-20-13-9-8-12-19(18)20)23-27-21(16-28(23)4)17-10-6-5-7-11-17/h5-13,15-16,22,26H,14H2,1-4H3,(H,30,31)/t22-/m1/s1. The SMILES string of the molecule is Cn1cc(-c2ccccc2)nc1[C@@H](Cc1c[nH]c2ccccc12)N(C(=O)O)C(C)(C)C. The Hall–Kier alpha value is -3.54. The number of hydrogen-bond donors (Lipinski definition) is 2. The summed E-state index contributed by atoms with van der Waals surface area (Å²) in [6.45, 7) is 5.76. The quantitative estimate of drug-likeness (QED) is 0.443. The molecule has 0 aliphatic heterocycles. The number of para-hydroxylation sites is 1. The molecule has 1 atom stereocenters. The van der Waals surface area contributed by atoms with Crippen LogP contribution in [-0.4, -0.2) is 36.2 Å². The molecule has 0 unspecified atom stereocenters. The summed E-state index contributed by atoms with van der Waals surface area (Å²) in [5, 5.41) is 11.3. The van der Waals surface area contributed by atoms with Gasteiger partial charge in [0, 0.05) is 47.9 Å². The molecule has 6 heteroatoms. The Balaban J connectivity index is 1.83. The van der Waals surface area contributed by atoms with Gasteiger partial charge in [-0.1, -0.05) is 48.5 Å². The van der Waals surface area contributed by atoms with Crippen molar-refractivity contribution in [3.8, 4) is 11.3 Å². The average Bonchev–Trinajstić information content (AvgIpc) is 3.30. The fourth-order valence-corrected chi connectivity index (χ4v) is 4.23. The van der Waals surface area contributed by atoms with Crippen LogP contribution >= 0.6 is 0 Å². The first kappa shape index (κ1) is 20.7. The first-order valence-corrected chi connectivity index (χ1v) is 10.4. The summed E-state index contributed by atoms with van der Waals surface area (Å²) < 4.78 is 1.95. The number of aromatic amines is 1. The Bertz CT molecular complexity index is 1200. The zero-order valence-corrected chi connectivity index (χ0v) is 18.3. The molecule has 0 saturated heterocycles. The van der Waals surface area contributed by atoms with Gasteiger partial charge in [-0.25, -0.2) is 9.78 Å². The molecular weight excluding hydrogens is 388 g/mol. The van der Waals surface area contributed by atoms with Crippen LogP contribution in [0.25, 0.3) is 22.2 Å². The Morgan fingerprint density at radius 1 is 1.13 bits per heavy atom. The number of amides is 1. The fourth-order valence-electron chi connectivity index (χ4n) is 4.23. The molecule has 2 aromatic heterocycles. The zero-order valence-electron chi connectivity index (χ0n) is 18.3. The summed E-state index contributed by atoms with van der Waals surface area (Å²) in [7, 11) is 1.93. The molecule has 160 valence electrons. The number of carbonyl (C=O) groups is 1. The van der Waals surface area contributed by atoms with Gasteiger partial charge in [0.05, 0.1) is 11.7 Å². The minimum absolute atomic E-state index is 0.445. The number of rotatable bonds is 5. The number of aromatic nitrogens is 3. The highest BCUT2D eigenvalue weighted by Crippen LogP contribution is 2.34. The first-order valence-electron chi connectivity index (χ1n) is 10.4. The van der Waals surface area contributed by atoms with E-state index in [0.717, 1.165) is 33.5 Å². The lowest BCUT2D eigenvalue weighted by atomic mass is 9.97. The normalized spacial score (nSPS) is 12.8. The summed E-state index contributed by atoms with van der Waals surface area (Å²) in [5.74, 6) is 0.724. The molecule has 0 aliphatic rings. The van der Waals surface area contributed by atoms with Gasteiger partial charge >= 0.3 is 6.09 Å². The maximum atomic E-state index is 12.4. The van der Waals surface area contributed by atoms with Gasteiger partial charge in [-0.2, -0.15) is 0 Å². The molecule has 4 aromatic rings. The van der Waals surface area contributed by atoms with Crippen molar-refractivity contribution < 1.29 is 9.90 Å². The summed E-state index contributed by atoms with van der Waals surface area (Å²) in [6, 6.07) is 17.6. The molecule has 0 aliphatic carbocycles. The van der Waals surface area contributed by atoms with Crippen LogP contribution in [0.5, 0.6) is 0 Å². The van der Waals surface area contributed by atoms with E-state index in [1.165, 1.54) is 4.90 Å². The van der Waals surface area contributed by atoms with Crippen molar-refractivity contribution >= 4 is 17.0 Å². The third kappa shape index (κ3) is 4.06. The lowest BCUT2D eigenvalue weighted by Crippen LogP contribution is -2.48. The average molecular weight is 417 g/mol. The number of nitrogens with zero attached hydrogens (tertiary/aromatic N) is 3. The third-order valence-corrected chi connectivity index (χ3v) is 5.61. The molecule has 0 bridgehead atoms. The molecule has 0 fully saturated rings. The van der Waals surface area contributed by atoms with Crippen molar-refractivity contribution in [2.24, 2.45) is 7.05 Å². The Morgan fingerprint density at radius 3 is 2.48 bits per heavy atom. The minimum Gasteiger partial charge on any atom is -0.465 e. The molecule has 2 heterocycles. The van der Waals surface area contributed by atoms with Crippen LogP contribution < -0.4 is 0 Å². The number of hydrogen-bond acceptors (Lipinski definition) is 2. The topological polar surface area (TPSA) is 74.2 Å². The Labute approximate surface area is 182 Å². The van der Waals surface area contributed by atoms with Gasteiger partial charge < -0.3 is 14.7 Å². The number of nitrogens with one attached hydrogen (secondary N) is 1. The molecule has 0 radical (unpaired) electrons. The van der Waals surface area contributed by atoms with Gasteiger partial charge in [0.1, 0.15) is 5.82 Å². The third-order valence-electron chi connectivity index (χ3n) is 5.61.